The molecule has 4 bridgehead atoms. The van der Waals surface area contributed by atoms with Gasteiger partial charge in [-0.2, -0.15) is 10.2 Å². The molecule has 4 saturated carbocycles. The fourth-order valence-corrected chi connectivity index (χ4v) is 6.21. The maximum Gasteiger partial charge on any atom is 0.227 e. The Hall–Kier alpha value is -1.63. The van der Waals surface area contributed by atoms with E-state index in [1.807, 2.05) is 12.3 Å². The maximum absolute atomic E-state index is 12.2. The molecule has 7 heteroatoms. The summed E-state index contributed by atoms with van der Waals surface area (Å²) in [5.41, 5.74) is 0.207. The number of carbonyl (C=O) groups excluding carboxylic acids is 1. The highest BCUT2D eigenvalue weighted by Crippen LogP contribution is 2.58. The van der Waals surface area contributed by atoms with Crippen LogP contribution >= 0.6 is 15.9 Å². The smallest absolute Gasteiger partial charge is 0.227 e. The van der Waals surface area contributed by atoms with Crippen molar-refractivity contribution < 1.29 is 4.79 Å². The fourth-order valence-electron chi connectivity index (χ4n) is 5.88. The number of hydrogen-bond acceptors (Lipinski definition) is 3. The molecule has 4 fully saturated rings. The van der Waals surface area contributed by atoms with Crippen molar-refractivity contribution >= 4 is 27.7 Å². The van der Waals surface area contributed by atoms with Gasteiger partial charge in [-0.15, -0.1) is 0 Å². The summed E-state index contributed by atoms with van der Waals surface area (Å²) >= 11 is 3.36. The summed E-state index contributed by atoms with van der Waals surface area (Å²) in [4.78, 5) is 12.2. The minimum Gasteiger partial charge on any atom is -0.309 e. The molecule has 26 heavy (non-hydrogen) atoms. The van der Waals surface area contributed by atoms with Crippen LogP contribution in [0.4, 0.5) is 5.82 Å². The van der Waals surface area contributed by atoms with Gasteiger partial charge in [0.25, 0.3) is 0 Å². The van der Waals surface area contributed by atoms with E-state index in [4.69, 9.17) is 5.10 Å². The topological polar surface area (TPSA) is 64.7 Å². The Morgan fingerprint density at radius 3 is 2.54 bits per heavy atom. The van der Waals surface area contributed by atoms with Crippen molar-refractivity contribution in [2.24, 2.45) is 17.8 Å². The molecule has 0 unspecified atom stereocenters. The summed E-state index contributed by atoms with van der Waals surface area (Å²) in [6.45, 7) is 0.563. The molecule has 6 rings (SSSR count). The van der Waals surface area contributed by atoms with Crippen molar-refractivity contribution in [1.82, 2.24) is 19.6 Å². The van der Waals surface area contributed by atoms with Gasteiger partial charge in [-0.25, -0.2) is 0 Å². The third kappa shape index (κ3) is 3.00. The van der Waals surface area contributed by atoms with E-state index in [0.717, 1.165) is 22.2 Å². The molecule has 0 aliphatic heterocycles. The lowest BCUT2D eigenvalue weighted by Gasteiger charge is -2.56. The number of rotatable bonds is 5. The molecule has 0 saturated heterocycles. The summed E-state index contributed by atoms with van der Waals surface area (Å²) in [6.07, 6.45) is 14.1. The summed E-state index contributed by atoms with van der Waals surface area (Å²) < 4.78 is 4.86. The van der Waals surface area contributed by atoms with E-state index in [1.165, 1.54) is 38.5 Å². The van der Waals surface area contributed by atoms with Crippen LogP contribution in [0.2, 0.25) is 0 Å². The summed E-state index contributed by atoms with van der Waals surface area (Å²) in [5, 5.41) is 11.9. The first kappa shape index (κ1) is 16.5. The Morgan fingerprint density at radius 1 is 1.23 bits per heavy atom. The Kier molecular flexibility index (Phi) is 3.95. The molecule has 4 aliphatic carbocycles. The first-order valence-electron chi connectivity index (χ1n) is 9.62. The molecule has 2 aromatic rings. The monoisotopic (exact) mass is 417 g/mol. The number of nitrogens with one attached hydrogen (secondary N) is 1. The van der Waals surface area contributed by atoms with Crippen molar-refractivity contribution in [3.63, 3.8) is 0 Å². The summed E-state index contributed by atoms with van der Waals surface area (Å²) in [7, 11) is 0. The predicted molar refractivity (Wildman–Crippen MR) is 102 cm³/mol. The largest absolute Gasteiger partial charge is 0.309 e. The van der Waals surface area contributed by atoms with Crippen LogP contribution in [0.3, 0.4) is 0 Å². The van der Waals surface area contributed by atoms with Crippen molar-refractivity contribution in [1.29, 1.82) is 0 Å². The first-order chi connectivity index (χ1) is 12.6. The molecule has 138 valence electrons. The van der Waals surface area contributed by atoms with Gasteiger partial charge in [0.2, 0.25) is 5.91 Å². The van der Waals surface area contributed by atoms with Crippen LogP contribution in [-0.2, 0) is 16.9 Å². The van der Waals surface area contributed by atoms with E-state index in [2.05, 4.69) is 37.2 Å². The zero-order valence-electron chi connectivity index (χ0n) is 14.8. The summed E-state index contributed by atoms with van der Waals surface area (Å²) in [6, 6.07) is 1.95. The lowest BCUT2D eigenvalue weighted by Crippen LogP contribution is -2.52. The van der Waals surface area contributed by atoms with E-state index < -0.39 is 0 Å². The van der Waals surface area contributed by atoms with Gasteiger partial charge in [0.1, 0.15) is 0 Å². The highest BCUT2D eigenvalue weighted by molar-refractivity contribution is 9.10. The molecular formula is C19H24BrN5O. The van der Waals surface area contributed by atoms with E-state index >= 15 is 0 Å². The van der Waals surface area contributed by atoms with Crippen LogP contribution < -0.4 is 5.32 Å². The van der Waals surface area contributed by atoms with Crippen molar-refractivity contribution in [3.8, 4) is 0 Å². The fraction of sp³-hybridized carbons (Fsp3) is 0.632. The number of carbonyl (C=O) groups is 1. The number of aryl methyl sites for hydroxylation is 1. The highest BCUT2D eigenvalue weighted by Gasteiger charge is 2.52. The molecule has 0 aromatic carbocycles. The van der Waals surface area contributed by atoms with Gasteiger partial charge in [0.05, 0.1) is 16.2 Å². The molecule has 4 aliphatic rings. The van der Waals surface area contributed by atoms with Crippen LogP contribution in [0.15, 0.2) is 29.1 Å². The Labute approximate surface area is 161 Å². The Morgan fingerprint density at radius 2 is 1.92 bits per heavy atom. The number of aromatic nitrogens is 4. The minimum atomic E-state index is -0.0209. The van der Waals surface area contributed by atoms with Crippen LogP contribution in [-0.4, -0.2) is 25.5 Å². The standard InChI is InChI=1S/C19H24BrN5O/c20-16-11-21-24(12-16)3-2-18(26)22-17-1-4-25(23-17)19-8-13-5-14(9-19)7-15(6-13)10-19/h1,4,11-15H,2-3,5-10H2,(H,22,23,26). The normalized spacial score (nSPS) is 32.1. The van der Waals surface area contributed by atoms with Gasteiger partial charge < -0.3 is 5.32 Å². The zero-order chi connectivity index (χ0) is 17.7. The van der Waals surface area contributed by atoms with Gasteiger partial charge in [-0.3, -0.25) is 14.2 Å². The summed E-state index contributed by atoms with van der Waals surface area (Å²) in [5.74, 6) is 3.31. The number of anilines is 1. The molecule has 1 N–H and O–H groups in total. The Bertz CT molecular complexity index is 790. The SMILES string of the molecule is O=C(CCn1cc(Br)cn1)Nc1ccn(C23CC4CC(CC(C4)C2)C3)n1. The van der Waals surface area contributed by atoms with Gasteiger partial charge in [-0.1, -0.05) is 0 Å². The number of hydrogen-bond donors (Lipinski definition) is 1. The van der Waals surface area contributed by atoms with E-state index in [-0.39, 0.29) is 11.4 Å². The van der Waals surface area contributed by atoms with Gasteiger partial charge in [0, 0.05) is 31.4 Å². The Balaban J connectivity index is 1.23. The third-order valence-electron chi connectivity index (χ3n) is 6.52. The lowest BCUT2D eigenvalue weighted by atomic mass is 9.53. The quantitative estimate of drug-likeness (QED) is 0.804. The molecule has 2 aromatic heterocycles. The van der Waals surface area contributed by atoms with E-state index in [1.54, 1.807) is 10.9 Å². The van der Waals surface area contributed by atoms with Crippen molar-refractivity contribution in [2.75, 3.05) is 5.32 Å². The highest BCUT2D eigenvalue weighted by atomic mass is 79.9. The second-order valence-electron chi connectivity index (χ2n) is 8.51. The van der Waals surface area contributed by atoms with Gasteiger partial charge >= 0.3 is 0 Å². The van der Waals surface area contributed by atoms with Crippen molar-refractivity contribution in [3.05, 3.63) is 29.1 Å². The van der Waals surface area contributed by atoms with Gasteiger partial charge in [-0.05, 0) is 72.2 Å². The molecular weight excluding hydrogens is 394 g/mol. The molecule has 1 amide bonds. The van der Waals surface area contributed by atoms with Crippen LogP contribution in [0.1, 0.15) is 44.9 Å². The average Bonchev–Trinajstić information content (AvgIpc) is 3.21. The van der Waals surface area contributed by atoms with E-state index in [0.29, 0.717) is 18.8 Å². The van der Waals surface area contributed by atoms with Gasteiger partial charge in [0.15, 0.2) is 5.82 Å². The maximum atomic E-state index is 12.2. The second kappa shape index (κ2) is 6.22. The predicted octanol–water partition coefficient (Wildman–Crippen LogP) is 3.80. The molecule has 2 heterocycles. The van der Waals surface area contributed by atoms with Crippen molar-refractivity contribution in [2.45, 2.75) is 57.0 Å². The number of halogens is 1. The third-order valence-corrected chi connectivity index (χ3v) is 6.93. The lowest BCUT2D eigenvalue weighted by molar-refractivity contribution is -0.116. The molecule has 0 spiro atoms. The average molecular weight is 418 g/mol. The minimum absolute atomic E-state index is 0.0209. The van der Waals surface area contributed by atoms with Crippen LogP contribution in [0.5, 0.6) is 0 Å². The zero-order valence-corrected chi connectivity index (χ0v) is 16.4. The molecule has 0 atom stereocenters. The first-order valence-corrected chi connectivity index (χ1v) is 10.4. The number of amides is 1. The molecule has 0 radical (unpaired) electrons. The molecule has 6 nitrogen and oxygen atoms in total. The van der Waals surface area contributed by atoms with Crippen LogP contribution in [0, 0.1) is 17.8 Å². The van der Waals surface area contributed by atoms with Crippen LogP contribution in [0.25, 0.3) is 0 Å². The second-order valence-corrected chi connectivity index (χ2v) is 9.42. The number of nitrogens with zero attached hydrogens (tertiary/aromatic N) is 4. The van der Waals surface area contributed by atoms with E-state index in [9.17, 15) is 4.79 Å².